The summed E-state index contributed by atoms with van der Waals surface area (Å²) in [6.45, 7) is 2.30. The molecule has 1 aromatic heterocycles. The lowest BCUT2D eigenvalue weighted by Crippen LogP contribution is -2.48. The van der Waals surface area contributed by atoms with E-state index >= 15 is 0 Å². The van der Waals surface area contributed by atoms with Crippen LogP contribution in [0.15, 0.2) is 108 Å². The minimum Gasteiger partial charge on any atom is -0.497 e. The van der Waals surface area contributed by atoms with E-state index in [0.29, 0.717) is 45.0 Å². The Hall–Kier alpha value is -5.81. The highest BCUT2D eigenvalue weighted by Gasteiger charge is 2.60. The number of hydrogen-bond donors (Lipinski definition) is 0. The number of allylic oxidation sites excluding steroid dienone is 2. The second kappa shape index (κ2) is 17.5. The first-order valence-electron chi connectivity index (χ1n) is 18.9. The SMILES string of the molecule is COc1ccc(C2=N/C(=C\c3c(-c4ccc(C)cc4C)cc(-c4ccc(OC)cc4)n3B(OCC(F)(F)C(F)(F)F)OCC(F)(F)C(F)(F)F)C(c3ccc(C)cc3C)=C2)cc1. The van der Waals surface area contributed by atoms with Gasteiger partial charge in [-0.25, -0.2) is 4.99 Å². The van der Waals surface area contributed by atoms with Gasteiger partial charge in [0, 0.05) is 28.1 Å². The summed E-state index contributed by atoms with van der Waals surface area (Å²) in [5.74, 6) is -10.3. The van der Waals surface area contributed by atoms with Gasteiger partial charge in [0.2, 0.25) is 0 Å². The first-order valence-corrected chi connectivity index (χ1v) is 18.9. The summed E-state index contributed by atoms with van der Waals surface area (Å²) >= 11 is 0. The van der Waals surface area contributed by atoms with Crippen LogP contribution in [0.5, 0.6) is 11.5 Å². The number of halogens is 10. The molecule has 0 radical (unpaired) electrons. The maximum atomic E-state index is 14.6. The van der Waals surface area contributed by atoms with Crippen molar-refractivity contribution in [2.75, 3.05) is 27.4 Å². The lowest BCUT2D eigenvalue weighted by Gasteiger charge is -2.26. The predicted molar refractivity (Wildman–Crippen MR) is 218 cm³/mol. The van der Waals surface area contributed by atoms with Gasteiger partial charge in [0.25, 0.3) is 0 Å². The van der Waals surface area contributed by atoms with E-state index in [4.69, 9.17) is 23.8 Å². The van der Waals surface area contributed by atoms with Gasteiger partial charge < -0.3 is 23.3 Å². The molecule has 1 aliphatic heterocycles. The number of methoxy groups -OCH3 is 2. The summed E-state index contributed by atoms with van der Waals surface area (Å²) in [5, 5.41) is 0. The van der Waals surface area contributed by atoms with Crippen LogP contribution in [0.1, 0.15) is 39.1 Å². The highest BCUT2D eigenvalue weighted by Crippen LogP contribution is 2.43. The average molecular weight is 873 g/mol. The minimum atomic E-state index is -6.19. The highest BCUT2D eigenvalue weighted by molar-refractivity contribution is 6.44. The third-order valence-electron chi connectivity index (χ3n) is 10.1. The van der Waals surface area contributed by atoms with Gasteiger partial charge in [-0.05, 0) is 122 Å². The quantitative estimate of drug-likeness (QED) is 0.0824. The molecular weight excluding hydrogens is 833 g/mol. The molecule has 1 aliphatic rings. The Kier molecular flexibility index (Phi) is 12.9. The van der Waals surface area contributed by atoms with Crippen LogP contribution in [-0.4, -0.2) is 69.1 Å². The lowest BCUT2D eigenvalue weighted by atomic mass is 9.94. The van der Waals surface area contributed by atoms with E-state index in [1.807, 2.05) is 45.0 Å². The topological polar surface area (TPSA) is 54.2 Å². The molecule has 0 aliphatic carbocycles. The van der Waals surface area contributed by atoms with E-state index in [1.54, 1.807) is 49.4 Å². The van der Waals surface area contributed by atoms with Gasteiger partial charge in [0.1, 0.15) is 24.7 Å². The normalized spacial score (nSPS) is 14.3. The number of nitrogens with zero attached hydrogens (tertiary/aromatic N) is 2. The Labute approximate surface area is 351 Å². The van der Waals surface area contributed by atoms with E-state index in [0.717, 1.165) is 21.2 Å². The molecule has 0 unspecified atom stereocenters. The molecule has 0 bridgehead atoms. The van der Waals surface area contributed by atoms with Gasteiger partial charge >= 0.3 is 31.5 Å². The van der Waals surface area contributed by atoms with Crippen molar-refractivity contribution in [3.8, 4) is 33.9 Å². The van der Waals surface area contributed by atoms with Crippen LogP contribution < -0.4 is 9.47 Å². The predicted octanol–water partition coefficient (Wildman–Crippen LogP) is 12.3. The van der Waals surface area contributed by atoms with Gasteiger partial charge in [-0.15, -0.1) is 0 Å². The van der Waals surface area contributed by atoms with Crippen molar-refractivity contribution < 1.29 is 62.7 Å². The molecule has 5 aromatic rings. The van der Waals surface area contributed by atoms with Crippen LogP contribution in [0.4, 0.5) is 43.9 Å². The molecular formula is C45H39BF10N2O4. The van der Waals surface area contributed by atoms with Crippen molar-refractivity contribution in [3.63, 3.8) is 0 Å². The van der Waals surface area contributed by atoms with Gasteiger partial charge in [0.15, 0.2) is 0 Å². The standard InChI is InChI=1S/C45H39BF10N2O4/c1-26-7-17-34(28(3)19-26)36-21-38(30-9-13-32(59-5)14-10-30)57-39(36)23-41-37(35-18-8-27(2)20-29(35)4)22-40(31-11-15-33(60-6)16-12-31)58(41)46(61-24-42(47,48)44(51,52)53)62-25-43(49,50)45(54,55)56/h7-23H,24-25H2,1-6H3/b39-23-. The molecule has 0 N–H and O–H groups in total. The number of aryl methyl sites for hydroxylation is 4. The fourth-order valence-corrected chi connectivity index (χ4v) is 6.86. The van der Waals surface area contributed by atoms with Crippen LogP contribution in [0.25, 0.3) is 34.0 Å². The molecule has 0 amide bonds. The molecule has 0 fully saturated rings. The second-order valence-corrected chi connectivity index (χ2v) is 14.7. The molecule has 62 heavy (non-hydrogen) atoms. The average Bonchev–Trinajstić information content (AvgIpc) is 3.79. The van der Waals surface area contributed by atoms with Crippen LogP contribution in [0.3, 0.4) is 0 Å². The van der Waals surface area contributed by atoms with Crippen molar-refractivity contribution in [2.24, 2.45) is 4.99 Å². The zero-order chi connectivity index (χ0) is 45.4. The number of ether oxygens (including phenoxy) is 2. The molecule has 6 nitrogen and oxygen atoms in total. The summed E-state index contributed by atoms with van der Waals surface area (Å²) in [6.07, 6.45) is -9.18. The molecule has 17 heteroatoms. The molecule has 6 rings (SSSR count). The Morgan fingerprint density at radius 3 is 1.50 bits per heavy atom. The van der Waals surface area contributed by atoms with Crippen molar-refractivity contribution in [1.82, 2.24) is 4.48 Å². The summed E-state index contributed by atoms with van der Waals surface area (Å²) in [7, 11) is 0.127. The van der Waals surface area contributed by atoms with Crippen molar-refractivity contribution in [1.29, 1.82) is 0 Å². The zero-order valence-electron chi connectivity index (χ0n) is 34.1. The van der Waals surface area contributed by atoms with Crippen LogP contribution in [-0.2, 0) is 9.31 Å². The third-order valence-corrected chi connectivity index (χ3v) is 10.1. The maximum absolute atomic E-state index is 14.6. The summed E-state index contributed by atoms with van der Waals surface area (Å²) in [4.78, 5) is 4.94. The fourth-order valence-electron chi connectivity index (χ4n) is 6.86. The number of alkyl halides is 10. The number of benzene rings is 4. The van der Waals surface area contributed by atoms with Gasteiger partial charge in [-0.1, -0.05) is 47.5 Å². The fraction of sp³-hybridized carbons (Fsp3) is 0.267. The largest absolute Gasteiger partial charge is 0.598 e. The Bertz CT molecular complexity index is 2490. The molecule has 0 atom stereocenters. The van der Waals surface area contributed by atoms with Crippen molar-refractivity contribution >= 4 is 24.6 Å². The number of rotatable bonds is 14. The first kappa shape index (κ1) is 45.7. The highest BCUT2D eigenvalue weighted by atomic mass is 19.4. The van der Waals surface area contributed by atoms with Gasteiger partial charge in [-0.2, -0.15) is 43.9 Å². The third kappa shape index (κ3) is 9.63. The van der Waals surface area contributed by atoms with E-state index in [1.165, 1.54) is 50.6 Å². The minimum absolute atomic E-state index is 0.0838. The van der Waals surface area contributed by atoms with Gasteiger partial charge in [0.05, 0.1) is 25.6 Å². The summed E-state index contributed by atoms with van der Waals surface area (Å²) in [5.41, 5.74) is 6.44. The summed E-state index contributed by atoms with van der Waals surface area (Å²) < 4.78 is 161. The second-order valence-electron chi connectivity index (χ2n) is 14.7. The van der Waals surface area contributed by atoms with Crippen LogP contribution in [0, 0.1) is 27.7 Å². The van der Waals surface area contributed by atoms with Crippen molar-refractivity contribution in [3.05, 3.63) is 142 Å². The summed E-state index contributed by atoms with van der Waals surface area (Å²) in [6, 6.07) is 25.2. The number of hydrogen-bond acceptors (Lipinski definition) is 5. The first-order chi connectivity index (χ1) is 29.0. The van der Waals surface area contributed by atoms with Gasteiger partial charge in [-0.3, -0.25) is 0 Å². The van der Waals surface area contributed by atoms with Crippen LogP contribution >= 0.6 is 0 Å². The monoisotopic (exact) mass is 872 g/mol. The number of aromatic nitrogens is 1. The number of aliphatic imine (C=N–C) groups is 1. The van der Waals surface area contributed by atoms with Crippen LogP contribution in [0.2, 0.25) is 0 Å². The maximum Gasteiger partial charge on any atom is 0.598 e. The molecule has 326 valence electrons. The Morgan fingerprint density at radius 1 is 0.581 bits per heavy atom. The van der Waals surface area contributed by atoms with E-state index in [9.17, 15) is 43.9 Å². The lowest BCUT2D eigenvalue weighted by molar-refractivity contribution is -0.295. The molecule has 0 saturated carbocycles. The molecule has 0 saturated heterocycles. The van der Waals surface area contributed by atoms with Crippen molar-refractivity contribution in [2.45, 2.75) is 51.9 Å². The molecule has 4 aromatic carbocycles. The molecule has 2 heterocycles. The molecule has 0 spiro atoms. The van der Waals surface area contributed by atoms with E-state index in [2.05, 4.69) is 0 Å². The van der Waals surface area contributed by atoms with E-state index < -0.39 is 44.7 Å². The Morgan fingerprint density at radius 2 is 1.05 bits per heavy atom. The Balaban J connectivity index is 1.71. The zero-order valence-corrected chi connectivity index (χ0v) is 34.1. The smallest absolute Gasteiger partial charge is 0.497 e. The van der Waals surface area contributed by atoms with E-state index in [-0.39, 0.29) is 28.2 Å².